The van der Waals surface area contributed by atoms with Gasteiger partial charge in [-0.25, -0.2) is 0 Å². The average Bonchev–Trinajstić information content (AvgIpc) is 3.07. The van der Waals surface area contributed by atoms with Crippen molar-refractivity contribution in [1.29, 1.82) is 0 Å². The van der Waals surface area contributed by atoms with Gasteiger partial charge < -0.3 is 19.5 Å². The van der Waals surface area contributed by atoms with Crippen LogP contribution < -0.4 is 9.47 Å². The fourth-order valence-electron chi connectivity index (χ4n) is 4.46. The molecule has 6 nitrogen and oxygen atoms in total. The third-order valence-electron chi connectivity index (χ3n) is 6.26. The average molecular weight is 466 g/mol. The quantitative estimate of drug-likeness (QED) is 0.237. The maximum atomic E-state index is 13.3. The number of para-hydroxylation sites is 1. The first-order valence-electron chi connectivity index (χ1n) is 11.8. The molecule has 0 spiro atoms. The second-order valence-electron chi connectivity index (χ2n) is 9.61. The molecule has 1 atom stereocenters. The molecule has 0 saturated carbocycles. The number of ketones is 1. The van der Waals surface area contributed by atoms with Gasteiger partial charge in [-0.3, -0.25) is 9.59 Å². The van der Waals surface area contributed by atoms with Crippen LogP contribution in [0, 0.1) is 0 Å². The summed E-state index contributed by atoms with van der Waals surface area (Å²) < 4.78 is 11.1. The molecule has 2 aromatic carbocycles. The number of aliphatic hydroxyl groups excluding tert-OH is 1. The van der Waals surface area contributed by atoms with Gasteiger partial charge in [-0.1, -0.05) is 58.7 Å². The van der Waals surface area contributed by atoms with Crippen molar-refractivity contribution < 1.29 is 24.2 Å². The lowest BCUT2D eigenvalue weighted by Crippen LogP contribution is -2.30. The SMILES string of the molecule is CCCCCN1C(=O)C(=O)/C(=C(/O)c2ccc(OC)c(C(C)(C)C)c2)C1c1ccccc1OC. The molecule has 0 bridgehead atoms. The lowest BCUT2D eigenvalue weighted by Gasteiger charge is -2.27. The lowest BCUT2D eigenvalue weighted by molar-refractivity contribution is -0.139. The van der Waals surface area contributed by atoms with Crippen molar-refractivity contribution in [3.05, 3.63) is 64.7 Å². The monoisotopic (exact) mass is 465 g/mol. The molecular weight excluding hydrogens is 430 g/mol. The number of methoxy groups -OCH3 is 2. The number of ether oxygens (including phenoxy) is 2. The molecule has 1 unspecified atom stereocenters. The molecule has 3 rings (SSSR count). The topological polar surface area (TPSA) is 76.1 Å². The Bertz CT molecular complexity index is 1100. The van der Waals surface area contributed by atoms with Crippen LogP contribution in [0.3, 0.4) is 0 Å². The van der Waals surface area contributed by atoms with Gasteiger partial charge in [-0.05, 0) is 36.1 Å². The molecule has 6 heteroatoms. The number of hydrogen-bond donors (Lipinski definition) is 1. The van der Waals surface area contributed by atoms with Crippen LogP contribution in [0.15, 0.2) is 48.0 Å². The van der Waals surface area contributed by atoms with Crippen molar-refractivity contribution in [2.75, 3.05) is 20.8 Å². The molecule has 34 heavy (non-hydrogen) atoms. The fourth-order valence-corrected chi connectivity index (χ4v) is 4.46. The van der Waals surface area contributed by atoms with Gasteiger partial charge in [0.25, 0.3) is 11.7 Å². The predicted molar refractivity (Wildman–Crippen MR) is 133 cm³/mol. The van der Waals surface area contributed by atoms with E-state index >= 15 is 0 Å². The normalized spacial score (nSPS) is 17.8. The van der Waals surface area contributed by atoms with Crippen LogP contribution in [0.2, 0.25) is 0 Å². The van der Waals surface area contributed by atoms with Crippen LogP contribution in [-0.2, 0) is 15.0 Å². The minimum Gasteiger partial charge on any atom is -0.507 e. The van der Waals surface area contributed by atoms with Crippen LogP contribution >= 0.6 is 0 Å². The predicted octanol–water partition coefficient (Wildman–Crippen LogP) is 5.61. The molecule has 0 aliphatic carbocycles. The Morgan fingerprint density at radius 1 is 1.00 bits per heavy atom. The number of carbonyl (C=O) groups excluding carboxylic acids is 2. The Morgan fingerprint density at radius 2 is 1.68 bits per heavy atom. The first kappa shape index (κ1) is 25.3. The van der Waals surface area contributed by atoms with Crippen molar-refractivity contribution >= 4 is 17.4 Å². The molecule has 1 aliphatic rings. The summed E-state index contributed by atoms with van der Waals surface area (Å²) in [6.45, 7) is 8.67. The number of aliphatic hydroxyl groups is 1. The molecule has 1 fully saturated rings. The number of carbonyl (C=O) groups is 2. The fraction of sp³-hybridized carbons (Fsp3) is 0.429. The number of rotatable bonds is 8. The summed E-state index contributed by atoms with van der Waals surface area (Å²) in [6.07, 6.45) is 2.70. The van der Waals surface area contributed by atoms with E-state index in [2.05, 4.69) is 27.7 Å². The van der Waals surface area contributed by atoms with Crippen molar-refractivity contribution in [2.45, 2.75) is 58.4 Å². The van der Waals surface area contributed by atoms with E-state index in [1.165, 1.54) is 0 Å². The van der Waals surface area contributed by atoms with Crippen molar-refractivity contribution in [2.24, 2.45) is 0 Å². The van der Waals surface area contributed by atoms with Gasteiger partial charge in [0.05, 0.1) is 25.8 Å². The summed E-state index contributed by atoms with van der Waals surface area (Å²) in [7, 11) is 3.16. The summed E-state index contributed by atoms with van der Waals surface area (Å²) in [5, 5.41) is 11.4. The zero-order valence-corrected chi connectivity index (χ0v) is 21.0. The van der Waals surface area contributed by atoms with Crippen LogP contribution in [0.1, 0.15) is 69.7 Å². The standard InChI is InChI=1S/C28H35NO5/c1-7-8-11-16-29-24(19-12-9-10-13-21(19)33-5)23(26(31)27(29)32)25(30)18-14-15-22(34-6)20(17-18)28(2,3)4/h9-10,12-15,17,24,30H,7-8,11,16H2,1-6H3/b25-23+. The Morgan fingerprint density at radius 3 is 2.29 bits per heavy atom. The van der Waals surface area contributed by atoms with Gasteiger partial charge >= 0.3 is 0 Å². The summed E-state index contributed by atoms with van der Waals surface area (Å²) >= 11 is 0. The first-order chi connectivity index (χ1) is 16.1. The second kappa shape index (κ2) is 10.3. The van der Waals surface area contributed by atoms with Crippen LogP contribution in [0.5, 0.6) is 11.5 Å². The van der Waals surface area contributed by atoms with Crippen LogP contribution in [-0.4, -0.2) is 42.5 Å². The molecular formula is C28H35NO5. The smallest absolute Gasteiger partial charge is 0.295 e. The van der Waals surface area contributed by atoms with Gasteiger partial charge in [0.15, 0.2) is 0 Å². The van der Waals surface area contributed by atoms with E-state index in [1.807, 2.05) is 24.3 Å². The number of hydrogen-bond acceptors (Lipinski definition) is 5. The van der Waals surface area contributed by atoms with Gasteiger partial charge in [0.2, 0.25) is 0 Å². The van der Waals surface area contributed by atoms with Crippen LogP contribution in [0.4, 0.5) is 0 Å². The number of amides is 1. The van der Waals surface area contributed by atoms with E-state index in [4.69, 9.17) is 9.47 Å². The summed E-state index contributed by atoms with van der Waals surface area (Å²) in [5.41, 5.74) is 1.86. The molecule has 1 aliphatic heterocycles. The summed E-state index contributed by atoms with van der Waals surface area (Å²) in [6, 6.07) is 11.9. The third-order valence-corrected chi connectivity index (χ3v) is 6.26. The maximum absolute atomic E-state index is 13.3. The lowest BCUT2D eigenvalue weighted by atomic mass is 9.84. The molecule has 182 valence electrons. The molecule has 1 heterocycles. The molecule has 2 aromatic rings. The zero-order valence-electron chi connectivity index (χ0n) is 21.0. The van der Waals surface area contributed by atoms with Gasteiger partial charge in [-0.15, -0.1) is 0 Å². The molecule has 0 radical (unpaired) electrons. The highest BCUT2D eigenvalue weighted by Crippen LogP contribution is 2.43. The van der Waals surface area contributed by atoms with Gasteiger partial charge in [-0.2, -0.15) is 0 Å². The minimum absolute atomic E-state index is 0.0797. The van der Waals surface area contributed by atoms with E-state index in [9.17, 15) is 14.7 Å². The second-order valence-corrected chi connectivity index (χ2v) is 9.61. The number of likely N-dealkylation sites (tertiary alicyclic amines) is 1. The molecule has 1 amide bonds. The number of benzene rings is 2. The Balaban J connectivity index is 2.22. The highest BCUT2D eigenvalue weighted by atomic mass is 16.5. The third kappa shape index (κ3) is 4.81. The van der Waals surface area contributed by atoms with Gasteiger partial charge in [0.1, 0.15) is 17.3 Å². The minimum atomic E-state index is -0.729. The first-order valence-corrected chi connectivity index (χ1v) is 11.8. The highest BCUT2D eigenvalue weighted by Gasteiger charge is 2.46. The largest absolute Gasteiger partial charge is 0.507 e. The van der Waals surface area contributed by atoms with Crippen LogP contribution in [0.25, 0.3) is 5.76 Å². The number of nitrogens with zero attached hydrogens (tertiary/aromatic N) is 1. The van der Waals surface area contributed by atoms with E-state index in [1.54, 1.807) is 37.3 Å². The van der Waals surface area contributed by atoms with E-state index in [0.717, 1.165) is 24.8 Å². The Hall–Kier alpha value is -3.28. The van der Waals surface area contributed by atoms with E-state index in [0.29, 0.717) is 29.2 Å². The van der Waals surface area contributed by atoms with Gasteiger partial charge in [0, 0.05) is 23.2 Å². The van der Waals surface area contributed by atoms with E-state index in [-0.39, 0.29) is 16.7 Å². The van der Waals surface area contributed by atoms with Crippen molar-refractivity contribution in [1.82, 2.24) is 4.90 Å². The Labute approximate surface area is 202 Å². The summed E-state index contributed by atoms with van der Waals surface area (Å²) in [4.78, 5) is 28.0. The molecule has 0 aromatic heterocycles. The van der Waals surface area contributed by atoms with E-state index < -0.39 is 17.7 Å². The molecule has 1 N–H and O–H groups in total. The van der Waals surface area contributed by atoms with Crippen molar-refractivity contribution in [3.63, 3.8) is 0 Å². The number of unbranched alkanes of at least 4 members (excludes halogenated alkanes) is 2. The van der Waals surface area contributed by atoms with Crippen molar-refractivity contribution in [3.8, 4) is 11.5 Å². The summed E-state index contributed by atoms with van der Waals surface area (Å²) in [5.74, 6) is -0.215. The highest BCUT2D eigenvalue weighted by molar-refractivity contribution is 6.46. The Kier molecular flexibility index (Phi) is 7.70. The number of Topliss-reactive ketones (excluding diaryl/α,β-unsaturated/α-hetero) is 1. The maximum Gasteiger partial charge on any atom is 0.295 e. The molecule has 1 saturated heterocycles. The zero-order chi connectivity index (χ0) is 25.0.